The number of benzene rings is 1. The van der Waals surface area contributed by atoms with Crippen LogP contribution >= 0.6 is 0 Å². The highest BCUT2D eigenvalue weighted by molar-refractivity contribution is 6.09. The molecule has 0 spiro atoms. The SMILES string of the molecule is CCC1(c2ccccc2F)NC(=NC)NC1=O. The van der Waals surface area contributed by atoms with Gasteiger partial charge in [0.05, 0.1) is 0 Å². The Balaban J connectivity index is 2.53. The summed E-state index contributed by atoms with van der Waals surface area (Å²) in [6.45, 7) is 1.83. The zero-order valence-electron chi connectivity index (χ0n) is 9.75. The molecular formula is C12H14FN3O. The number of hydrogen-bond acceptors (Lipinski definition) is 2. The number of hydrogen-bond donors (Lipinski definition) is 2. The number of amides is 1. The molecule has 0 saturated carbocycles. The van der Waals surface area contributed by atoms with Crippen molar-refractivity contribution in [3.05, 3.63) is 35.6 Å². The number of rotatable bonds is 2. The van der Waals surface area contributed by atoms with Crippen LogP contribution in [0.4, 0.5) is 4.39 Å². The number of nitrogens with one attached hydrogen (secondary N) is 2. The largest absolute Gasteiger partial charge is 0.338 e. The monoisotopic (exact) mass is 235 g/mol. The number of nitrogens with zero attached hydrogens (tertiary/aromatic N) is 1. The lowest BCUT2D eigenvalue weighted by molar-refractivity contribution is -0.124. The minimum atomic E-state index is -1.06. The summed E-state index contributed by atoms with van der Waals surface area (Å²) in [5, 5.41) is 5.56. The highest BCUT2D eigenvalue weighted by atomic mass is 19.1. The van der Waals surface area contributed by atoms with Crippen LogP contribution < -0.4 is 10.6 Å². The topological polar surface area (TPSA) is 53.5 Å². The second-order valence-electron chi connectivity index (χ2n) is 3.89. The van der Waals surface area contributed by atoms with E-state index >= 15 is 0 Å². The zero-order valence-corrected chi connectivity index (χ0v) is 9.75. The molecule has 0 aromatic heterocycles. The van der Waals surface area contributed by atoms with Gasteiger partial charge in [0.2, 0.25) is 0 Å². The minimum Gasteiger partial charge on any atom is -0.338 e. The summed E-state index contributed by atoms with van der Waals surface area (Å²) < 4.78 is 13.8. The molecule has 0 bridgehead atoms. The van der Waals surface area contributed by atoms with Crippen LogP contribution in [-0.4, -0.2) is 18.9 Å². The quantitative estimate of drug-likeness (QED) is 0.807. The van der Waals surface area contributed by atoms with Gasteiger partial charge in [0, 0.05) is 12.6 Å². The van der Waals surface area contributed by atoms with Crippen LogP contribution in [0.15, 0.2) is 29.3 Å². The van der Waals surface area contributed by atoms with Gasteiger partial charge in [0.15, 0.2) is 5.96 Å². The molecule has 4 nitrogen and oxygen atoms in total. The Morgan fingerprint density at radius 2 is 2.12 bits per heavy atom. The standard InChI is InChI=1S/C12H14FN3O/c1-3-12(8-6-4-5-7-9(8)13)10(17)15-11(14-2)16-12/h4-7H,3H2,1-2H3,(H2,14,15,16,17). The van der Waals surface area contributed by atoms with E-state index in [1.807, 2.05) is 6.92 Å². The smallest absolute Gasteiger partial charge is 0.257 e. The average molecular weight is 235 g/mol. The number of aliphatic imine (C=N–C) groups is 1. The molecule has 17 heavy (non-hydrogen) atoms. The van der Waals surface area contributed by atoms with Gasteiger partial charge in [0.25, 0.3) is 5.91 Å². The van der Waals surface area contributed by atoms with Crippen LogP contribution in [-0.2, 0) is 10.3 Å². The summed E-state index contributed by atoms with van der Waals surface area (Å²) in [6.07, 6.45) is 0.443. The number of carbonyl (C=O) groups is 1. The predicted octanol–water partition coefficient (Wildman–Crippen LogP) is 1.14. The highest BCUT2D eigenvalue weighted by Gasteiger charge is 2.46. The Morgan fingerprint density at radius 1 is 1.41 bits per heavy atom. The average Bonchev–Trinajstić information content (AvgIpc) is 2.67. The molecule has 5 heteroatoms. The van der Waals surface area contributed by atoms with Gasteiger partial charge in [-0.25, -0.2) is 4.39 Å². The molecular weight excluding hydrogens is 221 g/mol. The van der Waals surface area contributed by atoms with Gasteiger partial charge >= 0.3 is 0 Å². The minimum absolute atomic E-state index is 0.272. The summed E-state index contributed by atoms with van der Waals surface area (Å²) in [5.41, 5.74) is -0.709. The van der Waals surface area contributed by atoms with E-state index in [4.69, 9.17) is 0 Å². The van der Waals surface area contributed by atoms with Crippen LogP contribution in [0.5, 0.6) is 0 Å². The Hall–Kier alpha value is -1.91. The second-order valence-corrected chi connectivity index (χ2v) is 3.89. The summed E-state index contributed by atoms with van der Waals surface area (Å²) in [4.78, 5) is 15.9. The molecule has 1 heterocycles. The first kappa shape index (κ1) is 11.6. The zero-order chi connectivity index (χ0) is 12.5. The summed E-state index contributed by atoms with van der Waals surface area (Å²) >= 11 is 0. The maximum atomic E-state index is 13.8. The number of halogens is 1. The van der Waals surface area contributed by atoms with Crippen LogP contribution in [0.1, 0.15) is 18.9 Å². The van der Waals surface area contributed by atoms with Gasteiger partial charge in [0.1, 0.15) is 11.4 Å². The van der Waals surface area contributed by atoms with Gasteiger partial charge in [-0.05, 0) is 12.5 Å². The molecule has 2 N–H and O–H groups in total. The van der Waals surface area contributed by atoms with Crippen molar-refractivity contribution < 1.29 is 9.18 Å². The normalized spacial score (nSPS) is 25.8. The Labute approximate surface area is 98.9 Å². The van der Waals surface area contributed by atoms with Crippen LogP contribution in [0.25, 0.3) is 0 Å². The van der Waals surface area contributed by atoms with Gasteiger partial charge in [-0.1, -0.05) is 25.1 Å². The van der Waals surface area contributed by atoms with E-state index in [-0.39, 0.29) is 5.91 Å². The van der Waals surface area contributed by atoms with E-state index in [2.05, 4.69) is 15.6 Å². The fourth-order valence-corrected chi connectivity index (χ4v) is 2.05. The third-order valence-electron chi connectivity index (χ3n) is 3.04. The third-order valence-corrected chi connectivity index (χ3v) is 3.04. The molecule has 0 radical (unpaired) electrons. The molecule has 90 valence electrons. The van der Waals surface area contributed by atoms with Crippen molar-refractivity contribution in [3.8, 4) is 0 Å². The predicted molar refractivity (Wildman–Crippen MR) is 63.0 cm³/mol. The fraction of sp³-hybridized carbons (Fsp3) is 0.333. The molecule has 1 unspecified atom stereocenters. The first-order valence-corrected chi connectivity index (χ1v) is 5.45. The van der Waals surface area contributed by atoms with E-state index < -0.39 is 11.4 Å². The lowest BCUT2D eigenvalue weighted by atomic mass is 9.87. The Morgan fingerprint density at radius 3 is 2.65 bits per heavy atom. The van der Waals surface area contributed by atoms with Crippen molar-refractivity contribution in [2.75, 3.05) is 7.05 Å². The van der Waals surface area contributed by atoms with Crippen LogP contribution in [0.2, 0.25) is 0 Å². The molecule has 1 aromatic rings. The third kappa shape index (κ3) is 1.67. The van der Waals surface area contributed by atoms with Crippen molar-refractivity contribution >= 4 is 11.9 Å². The molecule has 2 rings (SSSR count). The second kappa shape index (κ2) is 4.16. The van der Waals surface area contributed by atoms with E-state index in [9.17, 15) is 9.18 Å². The number of guanidine groups is 1. The molecule has 1 atom stereocenters. The van der Waals surface area contributed by atoms with Gasteiger partial charge in [-0.15, -0.1) is 0 Å². The van der Waals surface area contributed by atoms with Crippen molar-refractivity contribution in [2.45, 2.75) is 18.9 Å². The number of carbonyl (C=O) groups excluding carboxylic acids is 1. The van der Waals surface area contributed by atoms with Crippen LogP contribution in [0, 0.1) is 5.82 Å². The Kier molecular flexibility index (Phi) is 2.83. The molecule has 1 aromatic carbocycles. The van der Waals surface area contributed by atoms with E-state index in [1.54, 1.807) is 25.2 Å². The van der Waals surface area contributed by atoms with Crippen LogP contribution in [0.3, 0.4) is 0 Å². The van der Waals surface area contributed by atoms with Crippen molar-refractivity contribution in [1.29, 1.82) is 0 Å². The molecule has 1 fully saturated rings. The lowest BCUT2D eigenvalue weighted by Crippen LogP contribution is -2.44. The summed E-state index contributed by atoms with van der Waals surface area (Å²) in [7, 11) is 1.57. The van der Waals surface area contributed by atoms with E-state index in [0.717, 1.165) is 0 Å². The maximum Gasteiger partial charge on any atom is 0.257 e. The van der Waals surface area contributed by atoms with Gasteiger partial charge < -0.3 is 5.32 Å². The summed E-state index contributed by atoms with van der Waals surface area (Å²) in [6, 6.07) is 6.28. The molecule has 1 amide bonds. The highest BCUT2D eigenvalue weighted by Crippen LogP contribution is 2.30. The Bertz CT molecular complexity index is 486. The van der Waals surface area contributed by atoms with Gasteiger partial charge in [-0.3, -0.25) is 15.1 Å². The first-order valence-electron chi connectivity index (χ1n) is 5.45. The summed E-state index contributed by atoms with van der Waals surface area (Å²) in [5.74, 6) is -0.292. The molecule has 1 saturated heterocycles. The lowest BCUT2D eigenvalue weighted by Gasteiger charge is -2.25. The van der Waals surface area contributed by atoms with Crippen molar-refractivity contribution in [3.63, 3.8) is 0 Å². The van der Waals surface area contributed by atoms with Crippen molar-refractivity contribution in [2.24, 2.45) is 4.99 Å². The molecule has 1 aliphatic heterocycles. The first-order chi connectivity index (χ1) is 8.14. The van der Waals surface area contributed by atoms with E-state index in [0.29, 0.717) is 17.9 Å². The molecule has 0 aliphatic carbocycles. The molecule has 1 aliphatic rings. The maximum absolute atomic E-state index is 13.8. The van der Waals surface area contributed by atoms with Crippen molar-refractivity contribution in [1.82, 2.24) is 10.6 Å². The van der Waals surface area contributed by atoms with Gasteiger partial charge in [-0.2, -0.15) is 0 Å². The fourth-order valence-electron chi connectivity index (χ4n) is 2.05. The van der Waals surface area contributed by atoms with E-state index in [1.165, 1.54) is 6.07 Å².